The minimum absolute atomic E-state index is 0.0140. The molecule has 5 rings (SSSR count). The van der Waals surface area contributed by atoms with Crippen molar-refractivity contribution in [2.45, 2.75) is 18.9 Å². The SMILES string of the molecule is CN1CCN(c2ccc(C3N=C(N)NC4=C3CCc3ccc(Br)cc34)cc2)CC1. The van der Waals surface area contributed by atoms with Crippen molar-refractivity contribution in [2.75, 3.05) is 38.1 Å². The molecule has 0 saturated carbocycles. The molecule has 2 aromatic carbocycles. The standard InChI is InChI=1S/C23H26BrN5/c1-28-10-12-29(13-11-28)18-7-3-16(4-8-18)21-19-9-5-15-2-6-17(24)14-20(15)22(19)27-23(25)26-21/h2-4,6-8,14,21H,5,9-13H2,1H3,(H3,25,26,27). The number of piperazine rings is 1. The fourth-order valence-corrected chi connectivity index (χ4v) is 4.93. The molecule has 1 fully saturated rings. The van der Waals surface area contributed by atoms with Gasteiger partial charge >= 0.3 is 0 Å². The lowest BCUT2D eigenvalue weighted by molar-refractivity contribution is 0.313. The number of aryl methyl sites for hydroxylation is 1. The molecular formula is C23H26BrN5. The second-order valence-corrected chi connectivity index (χ2v) is 9.04. The van der Waals surface area contributed by atoms with E-state index in [-0.39, 0.29) is 6.04 Å². The zero-order valence-electron chi connectivity index (χ0n) is 16.7. The second kappa shape index (κ2) is 7.50. The molecule has 2 heterocycles. The van der Waals surface area contributed by atoms with Gasteiger partial charge in [-0.25, -0.2) is 4.99 Å². The molecule has 150 valence electrons. The van der Waals surface area contributed by atoms with E-state index in [0.29, 0.717) is 5.96 Å². The number of guanidine groups is 1. The molecule has 1 saturated heterocycles. The smallest absolute Gasteiger partial charge is 0.194 e. The van der Waals surface area contributed by atoms with Crippen LogP contribution < -0.4 is 16.0 Å². The topological polar surface area (TPSA) is 56.9 Å². The maximum atomic E-state index is 6.20. The Bertz CT molecular complexity index is 987. The maximum absolute atomic E-state index is 6.20. The quantitative estimate of drug-likeness (QED) is 0.733. The predicted molar refractivity (Wildman–Crippen MR) is 123 cm³/mol. The molecule has 2 aliphatic heterocycles. The highest BCUT2D eigenvalue weighted by atomic mass is 79.9. The summed E-state index contributed by atoms with van der Waals surface area (Å²) >= 11 is 3.61. The summed E-state index contributed by atoms with van der Waals surface area (Å²) in [6.45, 7) is 4.38. The van der Waals surface area contributed by atoms with Gasteiger partial charge in [0.05, 0.1) is 5.70 Å². The molecular weight excluding hydrogens is 426 g/mol. The van der Waals surface area contributed by atoms with Gasteiger partial charge in [0.15, 0.2) is 5.96 Å². The van der Waals surface area contributed by atoms with Crippen LogP contribution in [-0.4, -0.2) is 44.1 Å². The van der Waals surface area contributed by atoms with Crippen LogP contribution in [-0.2, 0) is 6.42 Å². The fourth-order valence-electron chi connectivity index (χ4n) is 4.57. The Kier molecular flexibility index (Phi) is 4.84. The van der Waals surface area contributed by atoms with Crippen molar-refractivity contribution in [3.63, 3.8) is 0 Å². The first-order chi connectivity index (χ1) is 14.1. The molecule has 3 N–H and O–H groups in total. The van der Waals surface area contributed by atoms with E-state index < -0.39 is 0 Å². The summed E-state index contributed by atoms with van der Waals surface area (Å²) in [5.74, 6) is 0.490. The van der Waals surface area contributed by atoms with Gasteiger partial charge in [0.25, 0.3) is 0 Å². The van der Waals surface area contributed by atoms with Crippen LogP contribution in [0.3, 0.4) is 0 Å². The molecule has 0 spiro atoms. The van der Waals surface area contributed by atoms with Gasteiger partial charge in [0.1, 0.15) is 6.04 Å². The van der Waals surface area contributed by atoms with Crippen LogP contribution in [0.2, 0.25) is 0 Å². The number of nitrogens with two attached hydrogens (primary N) is 1. The number of nitrogens with zero attached hydrogens (tertiary/aromatic N) is 3. The average Bonchev–Trinajstić information content (AvgIpc) is 2.74. The van der Waals surface area contributed by atoms with Gasteiger partial charge in [-0.2, -0.15) is 0 Å². The first kappa shape index (κ1) is 18.7. The number of anilines is 1. The van der Waals surface area contributed by atoms with E-state index in [0.717, 1.165) is 49.2 Å². The lowest BCUT2D eigenvalue weighted by atomic mass is 9.83. The number of hydrogen-bond acceptors (Lipinski definition) is 5. The van der Waals surface area contributed by atoms with E-state index in [2.05, 4.69) is 80.6 Å². The van der Waals surface area contributed by atoms with Gasteiger partial charge in [-0.05, 0) is 60.9 Å². The zero-order valence-corrected chi connectivity index (χ0v) is 18.2. The number of benzene rings is 2. The highest BCUT2D eigenvalue weighted by molar-refractivity contribution is 9.10. The molecule has 0 aromatic heterocycles. The molecule has 3 aliphatic rings. The number of likely N-dealkylation sites (N-methyl/N-ethyl adjacent to an activating group) is 1. The van der Waals surface area contributed by atoms with E-state index in [1.54, 1.807) is 0 Å². The number of rotatable bonds is 2. The Labute approximate surface area is 180 Å². The predicted octanol–water partition coefficient (Wildman–Crippen LogP) is 3.52. The minimum Gasteiger partial charge on any atom is -0.370 e. The number of hydrogen-bond donors (Lipinski definition) is 2. The van der Waals surface area contributed by atoms with Crippen LogP contribution in [0.15, 0.2) is 57.5 Å². The fraction of sp³-hybridized carbons (Fsp3) is 0.348. The van der Waals surface area contributed by atoms with Crippen LogP contribution in [0.4, 0.5) is 5.69 Å². The number of nitrogens with one attached hydrogen (secondary N) is 1. The lowest BCUT2D eigenvalue weighted by Gasteiger charge is -2.34. The summed E-state index contributed by atoms with van der Waals surface area (Å²) < 4.78 is 1.08. The third kappa shape index (κ3) is 3.55. The first-order valence-corrected chi connectivity index (χ1v) is 11.0. The third-order valence-electron chi connectivity index (χ3n) is 6.25. The normalized spacial score (nSPS) is 21.9. The Hall–Kier alpha value is -2.31. The highest BCUT2D eigenvalue weighted by Gasteiger charge is 2.30. The van der Waals surface area contributed by atoms with Gasteiger partial charge in [0.2, 0.25) is 0 Å². The highest BCUT2D eigenvalue weighted by Crippen LogP contribution is 2.41. The third-order valence-corrected chi connectivity index (χ3v) is 6.75. The van der Waals surface area contributed by atoms with Crippen molar-refractivity contribution in [3.05, 3.63) is 69.2 Å². The van der Waals surface area contributed by atoms with E-state index >= 15 is 0 Å². The zero-order chi connectivity index (χ0) is 20.0. The van der Waals surface area contributed by atoms with E-state index in [1.807, 2.05) is 0 Å². The van der Waals surface area contributed by atoms with Gasteiger partial charge in [0, 0.05) is 41.9 Å². The molecule has 1 aliphatic carbocycles. The molecule has 0 bridgehead atoms. The lowest BCUT2D eigenvalue weighted by Crippen LogP contribution is -2.44. The monoisotopic (exact) mass is 451 g/mol. The van der Waals surface area contributed by atoms with Crippen LogP contribution in [0, 0.1) is 0 Å². The Morgan fingerprint density at radius 3 is 2.55 bits per heavy atom. The molecule has 1 atom stereocenters. The van der Waals surface area contributed by atoms with Crippen LogP contribution in [0.25, 0.3) is 5.70 Å². The van der Waals surface area contributed by atoms with E-state index in [4.69, 9.17) is 10.7 Å². The molecule has 0 radical (unpaired) electrons. The van der Waals surface area contributed by atoms with Crippen molar-refractivity contribution < 1.29 is 0 Å². The van der Waals surface area contributed by atoms with Gasteiger partial charge in [-0.15, -0.1) is 0 Å². The Balaban J connectivity index is 1.46. The van der Waals surface area contributed by atoms with Gasteiger partial charge in [-0.3, -0.25) is 0 Å². The molecule has 0 amide bonds. The summed E-state index contributed by atoms with van der Waals surface area (Å²) in [4.78, 5) is 9.62. The van der Waals surface area contributed by atoms with Crippen LogP contribution in [0.5, 0.6) is 0 Å². The number of halogens is 1. The van der Waals surface area contributed by atoms with E-state index in [9.17, 15) is 0 Å². The van der Waals surface area contributed by atoms with Crippen LogP contribution in [0.1, 0.15) is 29.2 Å². The summed E-state index contributed by atoms with van der Waals surface area (Å²) in [5.41, 5.74) is 13.8. The summed E-state index contributed by atoms with van der Waals surface area (Å²) in [6.07, 6.45) is 2.03. The van der Waals surface area contributed by atoms with E-state index in [1.165, 1.54) is 28.0 Å². The van der Waals surface area contributed by atoms with Crippen molar-refractivity contribution >= 4 is 33.3 Å². The largest absolute Gasteiger partial charge is 0.370 e. The molecule has 1 unspecified atom stereocenters. The number of aliphatic imine (C=N–C) groups is 1. The van der Waals surface area contributed by atoms with Crippen molar-refractivity contribution in [1.29, 1.82) is 0 Å². The van der Waals surface area contributed by atoms with Gasteiger partial charge in [-0.1, -0.05) is 34.1 Å². The molecule has 29 heavy (non-hydrogen) atoms. The van der Waals surface area contributed by atoms with Crippen molar-refractivity contribution in [3.8, 4) is 0 Å². The summed E-state index contributed by atoms with van der Waals surface area (Å²) in [5, 5.41) is 3.34. The molecule has 6 heteroatoms. The second-order valence-electron chi connectivity index (χ2n) is 8.13. The Morgan fingerprint density at radius 1 is 1.03 bits per heavy atom. The maximum Gasteiger partial charge on any atom is 0.194 e. The molecule has 5 nitrogen and oxygen atoms in total. The van der Waals surface area contributed by atoms with Crippen LogP contribution >= 0.6 is 15.9 Å². The number of fused-ring (bicyclic) bond motifs is 2. The van der Waals surface area contributed by atoms with Crippen molar-refractivity contribution in [2.24, 2.45) is 10.7 Å². The van der Waals surface area contributed by atoms with Crippen molar-refractivity contribution in [1.82, 2.24) is 10.2 Å². The average molecular weight is 452 g/mol. The Morgan fingerprint density at radius 2 is 1.79 bits per heavy atom. The van der Waals surface area contributed by atoms with Gasteiger partial charge < -0.3 is 20.9 Å². The summed E-state index contributed by atoms with van der Waals surface area (Å²) in [6, 6.07) is 15.4. The minimum atomic E-state index is -0.0140. The summed E-state index contributed by atoms with van der Waals surface area (Å²) in [7, 11) is 2.19. The first-order valence-electron chi connectivity index (χ1n) is 10.2. The molecule has 2 aromatic rings.